The van der Waals surface area contributed by atoms with Gasteiger partial charge in [-0.1, -0.05) is 0 Å². The molecule has 0 spiro atoms. The number of anilines is 2. The molecule has 0 aromatic heterocycles. The van der Waals surface area contributed by atoms with Crippen LogP contribution in [-0.4, -0.2) is 35.0 Å². The van der Waals surface area contributed by atoms with Crippen LogP contribution >= 0.6 is 0 Å². The number of amides is 1. The molecule has 1 amide bonds. The van der Waals surface area contributed by atoms with Gasteiger partial charge in [0, 0.05) is 18.7 Å². The maximum Gasteiger partial charge on any atom is 0.317 e. The van der Waals surface area contributed by atoms with E-state index < -0.39 is 10.9 Å². The van der Waals surface area contributed by atoms with Crippen molar-refractivity contribution in [3.63, 3.8) is 0 Å². The van der Waals surface area contributed by atoms with Crippen molar-refractivity contribution in [2.75, 3.05) is 23.7 Å². The average molecular weight is 280 g/mol. The van der Waals surface area contributed by atoms with Crippen LogP contribution in [0.25, 0.3) is 0 Å². The van der Waals surface area contributed by atoms with Crippen molar-refractivity contribution in [3.8, 4) is 0 Å². The van der Waals surface area contributed by atoms with Gasteiger partial charge in [-0.3, -0.25) is 19.7 Å². The first-order valence-corrected chi connectivity index (χ1v) is 5.75. The van der Waals surface area contributed by atoms with Crippen LogP contribution in [0.15, 0.2) is 12.1 Å². The minimum Gasteiger partial charge on any atom is -0.480 e. The number of carbonyl (C=O) groups excluding carboxylic acids is 1. The molecular formula is C11H12N4O5. The van der Waals surface area contributed by atoms with Crippen LogP contribution in [0.1, 0.15) is 5.56 Å². The summed E-state index contributed by atoms with van der Waals surface area (Å²) in [5.74, 6) is -1.31. The third kappa shape index (κ3) is 3.01. The lowest BCUT2D eigenvalue weighted by molar-refractivity contribution is -0.384. The highest BCUT2D eigenvalue weighted by atomic mass is 16.6. The highest BCUT2D eigenvalue weighted by Crippen LogP contribution is 2.33. The molecule has 0 radical (unpaired) electrons. The second-order valence-electron chi connectivity index (χ2n) is 4.18. The molecule has 9 nitrogen and oxygen atoms in total. The number of benzene rings is 1. The minimum absolute atomic E-state index is 0.0662. The fourth-order valence-electron chi connectivity index (χ4n) is 1.90. The number of hydrogen-bond donors (Lipinski definition) is 4. The molecule has 1 aromatic rings. The normalized spacial score (nSPS) is 13.1. The van der Waals surface area contributed by atoms with Crippen LogP contribution in [0.2, 0.25) is 0 Å². The van der Waals surface area contributed by atoms with Gasteiger partial charge in [0.15, 0.2) is 0 Å². The van der Waals surface area contributed by atoms with E-state index in [1.54, 1.807) is 0 Å². The second-order valence-corrected chi connectivity index (χ2v) is 4.18. The van der Waals surface area contributed by atoms with Crippen LogP contribution in [-0.2, 0) is 16.1 Å². The number of rotatable bonds is 5. The molecule has 0 bridgehead atoms. The number of carboxylic acid groups (broad SMARTS) is 1. The largest absolute Gasteiger partial charge is 0.480 e. The summed E-state index contributed by atoms with van der Waals surface area (Å²) in [5, 5.41) is 27.5. The second kappa shape index (κ2) is 5.53. The highest BCUT2D eigenvalue weighted by Gasteiger charge is 2.21. The molecule has 0 aliphatic carbocycles. The average Bonchev–Trinajstić information content (AvgIpc) is 2.37. The lowest BCUT2D eigenvalue weighted by Gasteiger charge is -2.21. The molecule has 9 heteroatoms. The highest BCUT2D eigenvalue weighted by molar-refractivity contribution is 6.01. The van der Waals surface area contributed by atoms with Crippen molar-refractivity contribution in [2.45, 2.75) is 6.54 Å². The molecule has 106 valence electrons. The van der Waals surface area contributed by atoms with Gasteiger partial charge in [0.05, 0.1) is 29.4 Å². The molecule has 1 aromatic carbocycles. The summed E-state index contributed by atoms with van der Waals surface area (Å²) in [6, 6.07) is 2.61. The number of aliphatic carboxylic acids is 1. The van der Waals surface area contributed by atoms with Gasteiger partial charge in [0.25, 0.3) is 5.69 Å². The Hall–Kier alpha value is -2.68. The van der Waals surface area contributed by atoms with Gasteiger partial charge in [-0.25, -0.2) is 0 Å². The number of nitro benzene ring substituents is 1. The zero-order valence-corrected chi connectivity index (χ0v) is 10.3. The lowest BCUT2D eigenvalue weighted by Crippen LogP contribution is -2.29. The van der Waals surface area contributed by atoms with Gasteiger partial charge >= 0.3 is 5.97 Å². The van der Waals surface area contributed by atoms with Gasteiger partial charge in [-0.05, 0) is 5.56 Å². The first kappa shape index (κ1) is 13.7. The Balaban J connectivity index is 2.30. The number of fused-ring (bicyclic) bond motifs is 1. The minimum atomic E-state index is -1.02. The molecule has 1 aliphatic rings. The van der Waals surface area contributed by atoms with Gasteiger partial charge < -0.3 is 21.1 Å². The molecule has 0 saturated heterocycles. The van der Waals surface area contributed by atoms with Crippen molar-refractivity contribution in [1.82, 2.24) is 5.32 Å². The monoisotopic (exact) mass is 280 g/mol. The predicted molar refractivity (Wildman–Crippen MR) is 69.6 cm³/mol. The fraction of sp³-hybridized carbons (Fsp3) is 0.273. The molecule has 4 N–H and O–H groups in total. The van der Waals surface area contributed by atoms with Crippen molar-refractivity contribution >= 4 is 28.9 Å². The molecule has 0 saturated carbocycles. The van der Waals surface area contributed by atoms with Crippen molar-refractivity contribution in [1.29, 1.82) is 0 Å². The molecule has 2 rings (SSSR count). The number of non-ortho nitro benzene ring substituents is 1. The molecule has 1 heterocycles. The quantitative estimate of drug-likeness (QED) is 0.445. The van der Waals surface area contributed by atoms with Crippen molar-refractivity contribution in [2.24, 2.45) is 0 Å². The maximum atomic E-state index is 11.3. The van der Waals surface area contributed by atoms with Crippen molar-refractivity contribution in [3.05, 3.63) is 27.8 Å². The summed E-state index contributed by atoms with van der Waals surface area (Å²) in [5.41, 5.74) is 1.24. The van der Waals surface area contributed by atoms with Crippen LogP contribution in [0.3, 0.4) is 0 Å². The predicted octanol–water partition coefficient (Wildman–Crippen LogP) is 0.133. The van der Waals surface area contributed by atoms with Gasteiger partial charge in [0.2, 0.25) is 5.91 Å². The molecule has 0 fully saturated rings. The van der Waals surface area contributed by atoms with E-state index in [9.17, 15) is 19.7 Å². The van der Waals surface area contributed by atoms with E-state index in [0.29, 0.717) is 16.9 Å². The third-order valence-electron chi connectivity index (χ3n) is 2.71. The number of carbonyl (C=O) groups is 2. The Labute approximate surface area is 113 Å². The number of hydrogen-bond acceptors (Lipinski definition) is 6. The van der Waals surface area contributed by atoms with Crippen molar-refractivity contribution < 1.29 is 19.6 Å². The Bertz CT molecular complexity index is 586. The first-order chi connectivity index (χ1) is 9.47. The molecule has 1 aliphatic heterocycles. The lowest BCUT2D eigenvalue weighted by atomic mass is 10.1. The number of nitrogens with zero attached hydrogens (tertiary/aromatic N) is 1. The van der Waals surface area contributed by atoms with E-state index in [2.05, 4.69) is 16.0 Å². The van der Waals surface area contributed by atoms with Gasteiger partial charge in [-0.2, -0.15) is 0 Å². The SMILES string of the molecule is O=C(O)CNCc1cc([N+](=O)[O-])cc2c1NCC(=O)N2. The van der Waals surface area contributed by atoms with E-state index in [-0.39, 0.29) is 31.2 Å². The van der Waals surface area contributed by atoms with E-state index >= 15 is 0 Å². The summed E-state index contributed by atoms with van der Waals surface area (Å²) in [6.45, 7) is -0.0558. The summed E-state index contributed by atoms with van der Waals surface area (Å²) in [4.78, 5) is 32.0. The Morgan fingerprint density at radius 3 is 2.90 bits per heavy atom. The third-order valence-corrected chi connectivity index (χ3v) is 2.71. The summed E-state index contributed by atoms with van der Waals surface area (Å²) in [7, 11) is 0. The Kier molecular flexibility index (Phi) is 3.80. The van der Waals surface area contributed by atoms with Crippen LogP contribution < -0.4 is 16.0 Å². The van der Waals surface area contributed by atoms with Crippen LogP contribution in [0.5, 0.6) is 0 Å². The zero-order valence-electron chi connectivity index (χ0n) is 10.3. The zero-order chi connectivity index (χ0) is 14.7. The topological polar surface area (TPSA) is 134 Å². The van der Waals surface area contributed by atoms with E-state index in [4.69, 9.17) is 5.11 Å². The molecular weight excluding hydrogens is 268 g/mol. The van der Waals surface area contributed by atoms with Gasteiger partial charge in [0.1, 0.15) is 0 Å². The smallest absolute Gasteiger partial charge is 0.317 e. The maximum absolute atomic E-state index is 11.3. The summed E-state index contributed by atoms with van der Waals surface area (Å²) in [6.07, 6.45) is 0. The molecule has 0 unspecified atom stereocenters. The summed E-state index contributed by atoms with van der Waals surface area (Å²) >= 11 is 0. The van der Waals surface area contributed by atoms with E-state index in [1.807, 2.05) is 0 Å². The van der Waals surface area contributed by atoms with E-state index in [0.717, 1.165) is 0 Å². The Morgan fingerprint density at radius 1 is 1.50 bits per heavy atom. The number of nitrogens with one attached hydrogen (secondary N) is 3. The first-order valence-electron chi connectivity index (χ1n) is 5.75. The molecule has 0 atom stereocenters. The number of carboxylic acids is 1. The van der Waals surface area contributed by atoms with E-state index in [1.165, 1.54) is 12.1 Å². The van der Waals surface area contributed by atoms with Crippen LogP contribution in [0.4, 0.5) is 17.1 Å². The summed E-state index contributed by atoms with van der Waals surface area (Å²) < 4.78 is 0. The van der Waals surface area contributed by atoms with Crippen LogP contribution in [0, 0.1) is 10.1 Å². The molecule has 20 heavy (non-hydrogen) atoms. The standard InChI is InChI=1S/C11H12N4O5/c16-9-4-13-11-6(3-12-5-10(17)18)1-7(15(19)20)2-8(11)14-9/h1-2,12-13H,3-5H2,(H,14,16)(H,17,18). The van der Waals surface area contributed by atoms with Gasteiger partial charge in [-0.15, -0.1) is 0 Å². The number of nitro groups is 1. The fourth-order valence-corrected chi connectivity index (χ4v) is 1.90. The Morgan fingerprint density at radius 2 is 2.25 bits per heavy atom.